The van der Waals surface area contributed by atoms with Gasteiger partial charge >= 0.3 is 5.97 Å². The van der Waals surface area contributed by atoms with Gasteiger partial charge in [0.1, 0.15) is 37.5 Å². The van der Waals surface area contributed by atoms with Crippen LogP contribution in [0.2, 0.25) is 0 Å². The molecule has 1 saturated heterocycles. The molecule has 18 nitrogen and oxygen atoms in total. The summed E-state index contributed by atoms with van der Waals surface area (Å²) in [5.74, 6) is -3.23. The molecule has 0 radical (unpaired) electrons. The van der Waals surface area contributed by atoms with Crippen LogP contribution in [-0.4, -0.2) is 105 Å². The third-order valence-electron chi connectivity index (χ3n) is 12.6. The normalized spacial score (nSPS) is 20.8. The number of aliphatic hydroxyl groups is 1. The number of aromatic nitrogens is 2. The van der Waals surface area contributed by atoms with Crippen LogP contribution in [0, 0.1) is 12.7 Å². The summed E-state index contributed by atoms with van der Waals surface area (Å²) in [7, 11) is 0. The van der Waals surface area contributed by atoms with Crippen LogP contribution in [-0.2, 0) is 68.2 Å². The standard InChI is InChI=1S/C46H56FN7O11/c1-6-46(62)32-19-35-39-28(21-54(35)44(60)31(32)22-64-45(46)61)18-30-29(24(2)33(47)20-34(30)52-39)12-9-11-17-63-23-48-40(57)25(3)49-41(58)26(4)50-42(59)27(5)51-43-36(65-43)13-8-7-10-16-53-37(55)14-15-38(53)56/h14-15,18-20,25-27,36,43,51,62H,6-13,16-17,21-23H2,1-5H3,(H,48,57)(H,49,58)(H,50,59)/t25-,26-,27-,36?,43?,46-/m0/s1. The zero-order chi connectivity index (χ0) is 46.7. The van der Waals surface area contributed by atoms with Crippen molar-refractivity contribution in [2.75, 3.05) is 19.9 Å². The van der Waals surface area contributed by atoms with E-state index in [1.165, 1.54) is 37.0 Å². The van der Waals surface area contributed by atoms with Gasteiger partial charge in [0.2, 0.25) is 17.7 Å². The number of carbonyl (C=O) groups excluding carboxylic acids is 6. The topological polar surface area (TPSA) is 240 Å². The summed E-state index contributed by atoms with van der Waals surface area (Å²) in [6.45, 7) is 8.61. The van der Waals surface area contributed by atoms with E-state index in [0.29, 0.717) is 61.3 Å². The minimum absolute atomic E-state index is 0.0221. The maximum Gasteiger partial charge on any atom is 0.343 e. The molecule has 65 heavy (non-hydrogen) atoms. The van der Waals surface area contributed by atoms with Crippen molar-refractivity contribution < 1.29 is 52.5 Å². The summed E-state index contributed by atoms with van der Waals surface area (Å²) < 4.78 is 33.3. The number of hydrogen-bond acceptors (Lipinski definition) is 13. The first kappa shape index (κ1) is 47.1. The molecule has 348 valence electrons. The number of carbonyl (C=O) groups is 6. The summed E-state index contributed by atoms with van der Waals surface area (Å²) >= 11 is 0. The van der Waals surface area contributed by atoms with Crippen molar-refractivity contribution in [1.29, 1.82) is 0 Å². The van der Waals surface area contributed by atoms with E-state index in [4.69, 9.17) is 19.2 Å². The van der Waals surface area contributed by atoms with Gasteiger partial charge in [-0.05, 0) is 89.5 Å². The van der Waals surface area contributed by atoms with E-state index in [-0.39, 0.29) is 67.1 Å². The van der Waals surface area contributed by atoms with Crippen molar-refractivity contribution in [2.45, 2.75) is 135 Å². The Morgan fingerprint density at radius 1 is 0.954 bits per heavy atom. The fraction of sp³-hybridized carbons (Fsp3) is 0.522. The molecule has 0 spiro atoms. The van der Waals surface area contributed by atoms with Crippen molar-refractivity contribution in [3.8, 4) is 11.4 Å². The van der Waals surface area contributed by atoms with Crippen LogP contribution < -0.4 is 26.8 Å². The fourth-order valence-electron chi connectivity index (χ4n) is 8.52. The van der Waals surface area contributed by atoms with Gasteiger partial charge in [-0.3, -0.25) is 39.0 Å². The van der Waals surface area contributed by atoms with Gasteiger partial charge in [-0.2, -0.15) is 0 Å². The zero-order valence-corrected chi connectivity index (χ0v) is 37.2. The zero-order valence-electron chi connectivity index (χ0n) is 37.2. The highest BCUT2D eigenvalue weighted by Crippen LogP contribution is 2.39. The van der Waals surface area contributed by atoms with Crippen LogP contribution in [0.25, 0.3) is 22.3 Å². The van der Waals surface area contributed by atoms with E-state index in [1.54, 1.807) is 31.4 Å². The van der Waals surface area contributed by atoms with Gasteiger partial charge in [-0.1, -0.05) is 19.8 Å². The number of benzene rings is 1. The second-order valence-electron chi connectivity index (χ2n) is 17.1. The summed E-state index contributed by atoms with van der Waals surface area (Å²) in [4.78, 5) is 93.7. The predicted octanol–water partition coefficient (Wildman–Crippen LogP) is 2.14. The average molecular weight is 902 g/mol. The number of pyridine rings is 2. The average Bonchev–Trinajstić information content (AvgIpc) is 3.80. The number of imide groups is 1. The maximum absolute atomic E-state index is 15.3. The number of fused-ring (bicyclic) bond motifs is 5. The number of aryl methyl sites for hydroxylation is 1. The molecule has 4 aliphatic rings. The largest absolute Gasteiger partial charge is 0.458 e. The molecule has 3 aromatic rings. The van der Waals surface area contributed by atoms with E-state index in [9.17, 15) is 38.7 Å². The minimum Gasteiger partial charge on any atom is -0.458 e. The molecule has 19 heteroatoms. The van der Waals surface area contributed by atoms with Crippen molar-refractivity contribution in [2.24, 2.45) is 0 Å². The molecule has 4 aliphatic heterocycles. The van der Waals surface area contributed by atoms with E-state index >= 15 is 4.39 Å². The molecule has 2 aromatic heterocycles. The van der Waals surface area contributed by atoms with Crippen molar-refractivity contribution >= 4 is 46.4 Å². The van der Waals surface area contributed by atoms with Crippen LogP contribution in [0.1, 0.15) is 100 Å². The molecule has 0 saturated carbocycles. The van der Waals surface area contributed by atoms with Crippen LogP contribution in [0.3, 0.4) is 0 Å². The number of esters is 1. The fourth-order valence-corrected chi connectivity index (χ4v) is 8.52. The lowest BCUT2D eigenvalue weighted by Crippen LogP contribution is -2.54. The Hall–Kier alpha value is -5.89. The lowest BCUT2D eigenvalue weighted by molar-refractivity contribution is -0.172. The van der Waals surface area contributed by atoms with Gasteiger partial charge in [0.05, 0.1) is 41.2 Å². The lowest BCUT2D eigenvalue weighted by atomic mass is 9.86. The van der Waals surface area contributed by atoms with Crippen LogP contribution >= 0.6 is 0 Å². The summed E-state index contributed by atoms with van der Waals surface area (Å²) in [5.41, 5.74) is 1.49. The third-order valence-corrected chi connectivity index (χ3v) is 12.6. The highest BCUT2D eigenvalue weighted by molar-refractivity contribution is 6.12. The Kier molecular flexibility index (Phi) is 14.3. The first-order valence-electron chi connectivity index (χ1n) is 22.2. The SMILES string of the molecule is CC[C@@]1(O)C(=O)OCc2c1cc1n(c2=O)Cc2cc3c(CCCCOCNC(=O)[C@H](C)NC(=O)[C@H](C)NC(=O)[C@H](C)NC4OC4CCCCCN4C(=O)C=CC4=O)c(C)c(F)cc3nc2-1. The van der Waals surface area contributed by atoms with Gasteiger partial charge in [0.25, 0.3) is 17.4 Å². The highest BCUT2D eigenvalue weighted by atomic mass is 19.1. The molecule has 0 aliphatic carbocycles. The van der Waals surface area contributed by atoms with Crippen molar-refractivity contribution in [1.82, 2.24) is 35.7 Å². The number of amides is 5. The van der Waals surface area contributed by atoms with Gasteiger partial charge in [0.15, 0.2) is 5.60 Å². The maximum atomic E-state index is 15.3. The highest BCUT2D eigenvalue weighted by Gasteiger charge is 2.45. The number of halogens is 1. The predicted molar refractivity (Wildman–Crippen MR) is 232 cm³/mol. The molecule has 6 heterocycles. The third kappa shape index (κ3) is 10.0. The second kappa shape index (κ2) is 19.7. The Balaban J connectivity index is 0.802. The Morgan fingerprint density at radius 2 is 1.66 bits per heavy atom. The molecule has 2 unspecified atom stereocenters. The van der Waals surface area contributed by atoms with Crippen LogP contribution in [0.5, 0.6) is 0 Å². The first-order valence-corrected chi connectivity index (χ1v) is 22.2. The number of cyclic esters (lactones) is 1. The molecule has 1 fully saturated rings. The Labute approximate surface area is 374 Å². The number of nitrogens with one attached hydrogen (secondary N) is 4. The molecule has 7 rings (SSSR count). The van der Waals surface area contributed by atoms with Crippen LogP contribution in [0.4, 0.5) is 4.39 Å². The van der Waals surface area contributed by atoms with Crippen LogP contribution in [0.15, 0.2) is 35.1 Å². The van der Waals surface area contributed by atoms with E-state index in [0.717, 1.165) is 35.8 Å². The number of rotatable bonds is 21. The molecule has 5 N–H and O–H groups in total. The van der Waals surface area contributed by atoms with E-state index in [1.807, 2.05) is 6.07 Å². The second-order valence-corrected chi connectivity index (χ2v) is 17.1. The summed E-state index contributed by atoms with van der Waals surface area (Å²) in [5, 5.41) is 22.9. The summed E-state index contributed by atoms with van der Waals surface area (Å²) in [6.07, 6.45) is 7.05. The molecular weight excluding hydrogens is 846 g/mol. The lowest BCUT2D eigenvalue weighted by Gasteiger charge is -2.31. The van der Waals surface area contributed by atoms with Gasteiger partial charge in [-0.25, -0.2) is 14.2 Å². The van der Waals surface area contributed by atoms with E-state index < -0.39 is 53.2 Å². The molecule has 6 atom stereocenters. The number of epoxide rings is 1. The summed E-state index contributed by atoms with van der Waals surface area (Å²) in [6, 6.07) is 2.44. The number of ether oxygens (including phenoxy) is 3. The molecule has 5 amide bonds. The molecular formula is C46H56FN7O11. The molecule has 0 bridgehead atoms. The monoisotopic (exact) mass is 901 g/mol. The van der Waals surface area contributed by atoms with Gasteiger partial charge in [0, 0.05) is 47.9 Å². The van der Waals surface area contributed by atoms with E-state index in [2.05, 4.69) is 21.3 Å². The first-order chi connectivity index (χ1) is 31.0. The molecule has 1 aromatic carbocycles. The van der Waals surface area contributed by atoms with Crippen molar-refractivity contribution in [3.05, 3.63) is 74.3 Å². The quantitative estimate of drug-likeness (QED) is 0.0265. The van der Waals surface area contributed by atoms with Crippen molar-refractivity contribution in [3.63, 3.8) is 0 Å². The number of nitrogens with zero attached hydrogens (tertiary/aromatic N) is 3. The number of unbranched alkanes of at least 4 members (excludes halogenated alkanes) is 3. The smallest absolute Gasteiger partial charge is 0.343 e. The minimum atomic E-state index is -1.95. The van der Waals surface area contributed by atoms with Gasteiger partial charge < -0.3 is 39.8 Å². The van der Waals surface area contributed by atoms with Gasteiger partial charge in [-0.15, -0.1) is 0 Å². The number of hydrogen-bond donors (Lipinski definition) is 5. The Bertz CT molecular complexity index is 2490. The Morgan fingerprint density at radius 3 is 2.38 bits per heavy atom.